The lowest BCUT2D eigenvalue weighted by atomic mass is 9.81. The summed E-state index contributed by atoms with van der Waals surface area (Å²) in [4.78, 5) is 16.2. The molecule has 0 aliphatic heterocycles. The lowest BCUT2D eigenvalue weighted by molar-refractivity contribution is -0.146. The molecular weight excluding hydrogens is 352 g/mol. The van der Waals surface area contributed by atoms with Gasteiger partial charge in [0.2, 0.25) is 0 Å². The second kappa shape index (κ2) is 6.26. The minimum absolute atomic E-state index is 0.315. The van der Waals surface area contributed by atoms with E-state index in [1.165, 1.54) is 0 Å². The number of carboxylic acids is 1. The van der Waals surface area contributed by atoms with Crippen LogP contribution < -0.4 is 5.32 Å². The van der Waals surface area contributed by atoms with E-state index in [1.807, 2.05) is 12.1 Å². The van der Waals surface area contributed by atoms with Gasteiger partial charge in [0.05, 0.1) is 5.03 Å². The molecule has 0 amide bonds. The largest absolute Gasteiger partial charge is 0.480 e. The van der Waals surface area contributed by atoms with Crippen LogP contribution in [0.4, 0.5) is 0 Å². The molecule has 2 aliphatic carbocycles. The minimum atomic E-state index is -0.730. The number of pyridine rings is 1. The predicted octanol–water partition coefficient (Wildman–Crippen LogP) is 3.45. The number of nitrogens with one attached hydrogen (secondary N) is 1. The second-order valence-electron chi connectivity index (χ2n) is 5.96. The van der Waals surface area contributed by atoms with E-state index >= 15 is 0 Å². The van der Waals surface area contributed by atoms with Gasteiger partial charge in [-0.2, -0.15) is 0 Å². The maximum atomic E-state index is 11.8. The number of nitrogens with zero attached hydrogens (tertiary/aromatic N) is 1. The van der Waals surface area contributed by atoms with Crippen molar-refractivity contribution in [3.8, 4) is 0 Å². The lowest BCUT2D eigenvalue weighted by Gasteiger charge is -2.38. The van der Waals surface area contributed by atoms with E-state index in [-0.39, 0.29) is 0 Å². The van der Waals surface area contributed by atoms with E-state index in [2.05, 4.69) is 26.2 Å². The van der Waals surface area contributed by atoms with Crippen molar-refractivity contribution in [3.63, 3.8) is 0 Å². The molecule has 0 saturated heterocycles. The first-order valence-corrected chi connectivity index (χ1v) is 9.04. The molecule has 2 unspecified atom stereocenters. The molecule has 2 fully saturated rings. The first-order valence-electron chi connectivity index (χ1n) is 7.37. The van der Waals surface area contributed by atoms with Crippen LogP contribution in [-0.2, 0) is 4.79 Å². The maximum absolute atomic E-state index is 11.8. The zero-order valence-corrected chi connectivity index (χ0v) is 14.1. The molecule has 1 heterocycles. The summed E-state index contributed by atoms with van der Waals surface area (Å²) in [5, 5.41) is 14.4. The monoisotopic (exact) mass is 370 g/mol. The van der Waals surface area contributed by atoms with Crippen LogP contribution in [0.1, 0.15) is 38.5 Å². The quantitative estimate of drug-likeness (QED) is 0.830. The van der Waals surface area contributed by atoms with Gasteiger partial charge in [0.15, 0.2) is 0 Å². The van der Waals surface area contributed by atoms with Crippen LogP contribution in [-0.4, -0.2) is 32.9 Å². The number of hydrogen-bond acceptors (Lipinski definition) is 4. The summed E-state index contributed by atoms with van der Waals surface area (Å²) in [6, 6.07) is 4.38. The van der Waals surface area contributed by atoms with Crippen molar-refractivity contribution < 1.29 is 9.90 Å². The molecule has 2 N–H and O–H groups in total. The van der Waals surface area contributed by atoms with Gasteiger partial charge in [-0.25, -0.2) is 4.98 Å². The summed E-state index contributed by atoms with van der Waals surface area (Å²) in [6.45, 7) is 0. The first kappa shape index (κ1) is 15.3. The van der Waals surface area contributed by atoms with Crippen LogP contribution in [0.15, 0.2) is 27.8 Å². The summed E-state index contributed by atoms with van der Waals surface area (Å²) in [7, 11) is 0. The summed E-state index contributed by atoms with van der Waals surface area (Å²) < 4.78 is 0.964. The van der Waals surface area contributed by atoms with Crippen LogP contribution in [0.3, 0.4) is 0 Å². The summed E-state index contributed by atoms with van der Waals surface area (Å²) in [6.07, 6.45) is 7.45. The highest BCUT2D eigenvalue weighted by Crippen LogP contribution is 2.39. The predicted molar refractivity (Wildman–Crippen MR) is 86.6 cm³/mol. The molecular formula is C15H19BrN2O2S. The summed E-state index contributed by atoms with van der Waals surface area (Å²) in [5.41, 5.74) is -0.730. The van der Waals surface area contributed by atoms with E-state index in [1.54, 1.807) is 18.0 Å². The van der Waals surface area contributed by atoms with Gasteiger partial charge in [-0.1, -0.05) is 0 Å². The molecule has 2 aliphatic rings. The molecule has 4 nitrogen and oxygen atoms in total. The van der Waals surface area contributed by atoms with Crippen molar-refractivity contribution in [2.24, 2.45) is 0 Å². The van der Waals surface area contributed by atoms with E-state index in [0.717, 1.165) is 41.6 Å². The Morgan fingerprint density at radius 2 is 2.24 bits per heavy atom. The Balaban J connectivity index is 1.68. The Morgan fingerprint density at radius 1 is 1.43 bits per heavy atom. The molecule has 0 aromatic carbocycles. The molecule has 0 spiro atoms. The highest BCUT2D eigenvalue weighted by Gasteiger charge is 2.46. The fourth-order valence-electron chi connectivity index (χ4n) is 2.93. The SMILES string of the molecule is O=C(O)C1(NC2CC2)CCCC(Sc2ccc(Br)cn2)C1. The Hall–Kier alpha value is -0.590. The molecule has 0 bridgehead atoms. The third-order valence-electron chi connectivity index (χ3n) is 4.16. The average molecular weight is 371 g/mol. The van der Waals surface area contributed by atoms with Crippen LogP contribution in [0, 0.1) is 0 Å². The van der Waals surface area contributed by atoms with Crippen molar-refractivity contribution in [1.29, 1.82) is 0 Å². The topological polar surface area (TPSA) is 62.2 Å². The normalized spacial score (nSPS) is 29.3. The third kappa shape index (κ3) is 3.79. The third-order valence-corrected chi connectivity index (χ3v) is 5.85. The van der Waals surface area contributed by atoms with E-state index in [0.29, 0.717) is 17.7 Å². The minimum Gasteiger partial charge on any atom is -0.480 e. The molecule has 21 heavy (non-hydrogen) atoms. The highest BCUT2D eigenvalue weighted by molar-refractivity contribution is 9.10. The van der Waals surface area contributed by atoms with Gasteiger partial charge in [-0.3, -0.25) is 10.1 Å². The molecule has 2 atom stereocenters. The number of hydrogen-bond donors (Lipinski definition) is 2. The maximum Gasteiger partial charge on any atom is 0.323 e. The van der Waals surface area contributed by atoms with Gasteiger partial charge >= 0.3 is 5.97 Å². The van der Waals surface area contributed by atoms with E-state index in [9.17, 15) is 9.90 Å². The zero-order chi connectivity index (χ0) is 14.9. The van der Waals surface area contributed by atoms with Crippen molar-refractivity contribution in [2.45, 2.75) is 60.4 Å². The van der Waals surface area contributed by atoms with Gasteiger partial charge in [0.25, 0.3) is 0 Å². The molecule has 3 rings (SSSR count). The first-order chi connectivity index (χ1) is 10.1. The molecule has 1 aromatic heterocycles. The fourth-order valence-corrected chi connectivity index (χ4v) is 4.42. The van der Waals surface area contributed by atoms with Crippen molar-refractivity contribution in [3.05, 3.63) is 22.8 Å². The molecule has 0 radical (unpaired) electrons. The number of thioether (sulfide) groups is 1. The molecule has 114 valence electrons. The number of halogens is 1. The molecule has 1 aromatic rings. The fraction of sp³-hybridized carbons (Fsp3) is 0.600. The van der Waals surface area contributed by atoms with Gasteiger partial charge in [-0.15, -0.1) is 11.8 Å². The van der Waals surface area contributed by atoms with Gasteiger partial charge in [-0.05, 0) is 66.6 Å². The number of rotatable bonds is 5. The van der Waals surface area contributed by atoms with Gasteiger partial charge in [0, 0.05) is 22.0 Å². The van der Waals surface area contributed by atoms with Crippen molar-refractivity contribution in [1.82, 2.24) is 10.3 Å². The number of carboxylic acid groups (broad SMARTS) is 1. The van der Waals surface area contributed by atoms with Crippen LogP contribution in [0.25, 0.3) is 0 Å². The number of carbonyl (C=O) groups is 1. The van der Waals surface area contributed by atoms with Crippen LogP contribution >= 0.6 is 27.7 Å². The Bertz CT molecular complexity index is 521. The summed E-state index contributed by atoms with van der Waals surface area (Å²) >= 11 is 5.09. The standard InChI is InChI=1S/C15H19BrN2O2S/c16-10-3-6-13(17-9-10)21-12-2-1-7-15(8-12,14(19)20)18-11-4-5-11/h3,6,9,11-12,18H,1-2,4-5,7-8H2,(H,19,20). The van der Waals surface area contributed by atoms with Crippen LogP contribution in [0.5, 0.6) is 0 Å². The zero-order valence-electron chi connectivity index (χ0n) is 11.7. The lowest BCUT2D eigenvalue weighted by Crippen LogP contribution is -2.56. The van der Waals surface area contributed by atoms with E-state index < -0.39 is 11.5 Å². The molecule has 6 heteroatoms. The Labute approximate surface area is 137 Å². The average Bonchev–Trinajstić information content (AvgIpc) is 3.25. The Kier molecular flexibility index (Phi) is 4.57. The number of aliphatic carboxylic acids is 1. The second-order valence-corrected chi connectivity index (χ2v) is 8.19. The van der Waals surface area contributed by atoms with Gasteiger partial charge < -0.3 is 5.11 Å². The molecule has 2 saturated carbocycles. The highest BCUT2D eigenvalue weighted by atomic mass is 79.9. The van der Waals surface area contributed by atoms with Crippen LogP contribution in [0.2, 0.25) is 0 Å². The smallest absolute Gasteiger partial charge is 0.323 e. The van der Waals surface area contributed by atoms with Crippen molar-refractivity contribution >= 4 is 33.7 Å². The van der Waals surface area contributed by atoms with E-state index in [4.69, 9.17) is 0 Å². The van der Waals surface area contributed by atoms with Gasteiger partial charge in [0.1, 0.15) is 5.54 Å². The summed E-state index contributed by atoms with van der Waals surface area (Å²) in [5.74, 6) is -0.691. The Morgan fingerprint density at radius 3 is 2.86 bits per heavy atom. The number of aromatic nitrogens is 1. The van der Waals surface area contributed by atoms with Crippen molar-refractivity contribution in [2.75, 3.05) is 0 Å².